The van der Waals surface area contributed by atoms with E-state index in [1.54, 1.807) is 13.3 Å². The molecule has 0 radical (unpaired) electrons. The molecule has 2 aliphatic heterocycles. The molecule has 0 saturated carbocycles. The van der Waals surface area contributed by atoms with Crippen LogP contribution < -0.4 is 5.32 Å². The normalized spacial score (nSPS) is 19.8. The van der Waals surface area contributed by atoms with Gasteiger partial charge < -0.3 is 19.6 Å². The Morgan fingerprint density at radius 1 is 1.21 bits per heavy atom. The lowest BCUT2D eigenvalue weighted by molar-refractivity contribution is -0.131. The fourth-order valence-electron chi connectivity index (χ4n) is 3.21. The molecule has 0 atom stereocenters. The first-order valence-electron chi connectivity index (χ1n) is 8.61. The van der Waals surface area contributed by atoms with Crippen molar-refractivity contribution in [2.45, 2.75) is 19.4 Å². The number of amides is 1. The molecular formula is C16H26N6O2. The van der Waals surface area contributed by atoms with Crippen molar-refractivity contribution in [1.29, 1.82) is 0 Å². The number of hydrogen-bond acceptors (Lipinski definition) is 5. The van der Waals surface area contributed by atoms with Gasteiger partial charge in [-0.15, -0.1) is 0 Å². The van der Waals surface area contributed by atoms with Gasteiger partial charge in [0.1, 0.15) is 12.0 Å². The zero-order chi connectivity index (χ0) is 16.8. The molecule has 3 rings (SSSR count). The monoisotopic (exact) mass is 334 g/mol. The largest absolute Gasteiger partial charge is 0.364 e. The lowest BCUT2D eigenvalue weighted by atomic mass is 10.3. The van der Waals surface area contributed by atoms with Crippen LogP contribution in [0.25, 0.3) is 0 Å². The average molecular weight is 334 g/mol. The maximum Gasteiger partial charge on any atom is 0.236 e. The van der Waals surface area contributed by atoms with Gasteiger partial charge in [-0.3, -0.25) is 14.7 Å². The number of guanidine groups is 1. The maximum absolute atomic E-state index is 12.2. The summed E-state index contributed by atoms with van der Waals surface area (Å²) in [6.07, 6.45) is 3.86. The number of nitrogens with one attached hydrogen (secondary N) is 1. The van der Waals surface area contributed by atoms with Gasteiger partial charge in [0, 0.05) is 52.4 Å². The fraction of sp³-hybridized carbons (Fsp3) is 0.688. The van der Waals surface area contributed by atoms with Crippen molar-refractivity contribution in [3.05, 3.63) is 18.0 Å². The van der Waals surface area contributed by atoms with Gasteiger partial charge in [0.15, 0.2) is 5.96 Å². The predicted octanol–water partition coefficient (Wildman–Crippen LogP) is -0.01000. The molecule has 1 aromatic heterocycles. The first-order valence-corrected chi connectivity index (χ1v) is 8.61. The highest BCUT2D eigenvalue weighted by Crippen LogP contribution is 2.09. The fourth-order valence-corrected chi connectivity index (χ4v) is 3.21. The van der Waals surface area contributed by atoms with Gasteiger partial charge in [-0.25, -0.2) is 0 Å². The number of nitrogens with zero attached hydrogens (tertiary/aromatic N) is 5. The van der Waals surface area contributed by atoms with E-state index in [0.29, 0.717) is 13.1 Å². The summed E-state index contributed by atoms with van der Waals surface area (Å²) < 4.78 is 4.83. The molecule has 2 aliphatic rings. The second-order valence-electron chi connectivity index (χ2n) is 6.24. The quantitative estimate of drug-likeness (QED) is 0.616. The highest BCUT2D eigenvalue weighted by atomic mass is 16.5. The van der Waals surface area contributed by atoms with Crippen molar-refractivity contribution < 1.29 is 9.32 Å². The molecule has 132 valence electrons. The number of hydrogen-bond donors (Lipinski definition) is 1. The van der Waals surface area contributed by atoms with E-state index < -0.39 is 0 Å². The summed E-state index contributed by atoms with van der Waals surface area (Å²) in [6, 6.07) is 1.84. The number of aliphatic imine (C=N–C) groups is 1. The lowest BCUT2D eigenvalue weighted by Gasteiger charge is -2.36. The second-order valence-corrected chi connectivity index (χ2v) is 6.24. The van der Waals surface area contributed by atoms with Crippen LogP contribution in [0, 0.1) is 0 Å². The Morgan fingerprint density at radius 2 is 1.96 bits per heavy atom. The molecule has 2 fully saturated rings. The minimum atomic E-state index is 0.273. The summed E-state index contributed by atoms with van der Waals surface area (Å²) in [5.41, 5.74) is 0.853. The summed E-state index contributed by atoms with van der Waals surface area (Å²) in [5.74, 6) is 1.14. The van der Waals surface area contributed by atoms with Crippen LogP contribution in [0.3, 0.4) is 0 Å². The predicted molar refractivity (Wildman–Crippen MR) is 90.5 cm³/mol. The molecule has 24 heavy (non-hydrogen) atoms. The SMILES string of the molecule is CN=C(NCc1ccon1)N1CCN(CC(=O)N2CCCC2)CC1. The minimum Gasteiger partial charge on any atom is -0.364 e. The Balaban J connectivity index is 1.42. The second kappa shape index (κ2) is 8.14. The van der Waals surface area contributed by atoms with Crippen molar-refractivity contribution in [2.24, 2.45) is 4.99 Å². The smallest absolute Gasteiger partial charge is 0.236 e. The number of aromatic nitrogens is 1. The number of carbonyl (C=O) groups is 1. The van der Waals surface area contributed by atoms with Gasteiger partial charge >= 0.3 is 0 Å². The van der Waals surface area contributed by atoms with Crippen molar-refractivity contribution in [2.75, 3.05) is 52.9 Å². The van der Waals surface area contributed by atoms with Gasteiger partial charge in [0.05, 0.1) is 13.1 Å². The summed E-state index contributed by atoms with van der Waals surface area (Å²) in [7, 11) is 1.79. The Labute approximate surface area is 142 Å². The van der Waals surface area contributed by atoms with Crippen LogP contribution in [0.5, 0.6) is 0 Å². The molecular weight excluding hydrogens is 308 g/mol. The molecule has 0 unspecified atom stereocenters. The molecule has 0 aromatic carbocycles. The summed E-state index contributed by atoms with van der Waals surface area (Å²) in [6.45, 7) is 6.48. The Bertz CT molecular complexity index is 545. The van der Waals surface area contributed by atoms with Crippen molar-refractivity contribution in [3.63, 3.8) is 0 Å². The molecule has 1 amide bonds. The Kier molecular flexibility index (Phi) is 5.68. The number of likely N-dealkylation sites (tertiary alicyclic amines) is 1. The third-order valence-electron chi connectivity index (χ3n) is 4.62. The first-order chi connectivity index (χ1) is 11.8. The van der Waals surface area contributed by atoms with E-state index in [4.69, 9.17) is 4.52 Å². The van der Waals surface area contributed by atoms with Crippen LogP contribution in [0.1, 0.15) is 18.5 Å². The van der Waals surface area contributed by atoms with Gasteiger partial charge in [-0.1, -0.05) is 5.16 Å². The topological polar surface area (TPSA) is 77.2 Å². The van der Waals surface area contributed by atoms with Gasteiger partial charge in [-0.2, -0.15) is 0 Å². The lowest BCUT2D eigenvalue weighted by Crippen LogP contribution is -2.54. The molecule has 1 N–H and O–H groups in total. The van der Waals surface area contributed by atoms with Gasteiger partial charge in [0.2, 0.25) is 5.91 Å². The molecule has 1 aromatic rings. The van der Waals surface area contributed by atoms with Crippen molar-refractivity contribution >= 4 is 11.9 Å². The number of piperazine rings is 1. The van der Waals surface area contributed by atoms with Crippen LogP contribution in [-0.4, -0.2) is 84.6 Å². The third-order valence-corrected chi connectivity index (χ3v) is 4.62. The molecule has 2 saturated heterocycles. The molecule has 0 bridgehead atoms. The van der Waals surface area contributed by atoms with Gasteiger partial charge in [-0.05, 0) is 12.8 Å². The molecule has 0 aliphatic carbocycles. The number of carbonyl (C=O) groups excluding carboxylic acids is 1. The van der Waals surface area contributed by atoms with Crippen LogP contribution >= 0.6 is 0 Å². The zero-order valence-electron chi connectivity index (χ0n) is 14.3. The highest BCUT2D eigenvalue weighted by Gasteiger charge is 2.24. The third kappa shape index (κ3) is 4.25. The first kappa shape index (κ1) is 16.8. The van der Waals surface area contributed by atoms with Crippen molar-refractivity contribution in [3.8, 4) is 0 Å². The highest BCUT2D eigenvalue weighted by molar-refractivity contribution is 5.80. The summed E-state index contributed by atoms with van der Waals surface area (Å²) in [5, 5.41) is 7.19. The van der Waals surface area contributed by atoms with E-state index in [-0.39, 0.29) is 5.91 Å². The summed E-state index contributed by atoms with van der Waals surface area (Å²) in [4.78, 5) is 23.0. The summed E-state index contributed by atoms with van der Waals surface area (Å²) >= 11 is 0. The number of rotatable bonds is 4. The molecule has 3 heterocycles. The van der Waals surface area contributed by atoms with Crippen LogP contribution in [0.15, 0.2) is 21.8 Å². The standard InChI is InChI=1S/C16H26N6O2/c1-17-16(18-12-14-4-11-24-19-14)22-9-7-20(8-10-22)13-15(23)21-5-2-3-6-21/h4,11H,2-3,5-10,12-13H2,1H3,(H,17,18). The maximum atomic E-state index is 12.2. The van der Waals surface area contributed by atoms with E-state index in [9.17, 15) is 4.79 Å². The van der Waals surface area contributed by atoms with Crippen molar-refractivity contribution in [1.82, 2.24) is 25.2 Å². The van der Waals surface area contributed by atoms with Crippen LogP contribution in [0.4, 0.5) is 0 Å². The van der Waals surface area contributed by atoms with E-state index in [1.807, 2.05) is 11.0 Å². The van der Waals surface area contributed by atoms with E-state index in [0.717, 1.165) is 63.8 Å². The Morgan fingerprint density at radius 3 is 2.58 bits per heavy atom. The van der Waals surface area contributed by atoms with Crippen LogP contribution in [0.2, 0.25) is 0 Å². The average Bonchev–Trinajstić information content (AvgIpc) is 3.30. The zero-order valence-corrected chi connectivity index (χ0v) is 14.3. The van der Waals surface area contributed by atoms with Crippen LogP contribution in [-0.2, 0) is 11.3 Å². The molecule has 8 nitrogen and oxygen atoms in total. The minimum absolute atomic E-state index is 0.273. The van der Waals surface area contributed by atoms with Gasteiger partial charge in [0.25, 0.3) is 0 Å². The molecule has 8 heteroatoms. The van der Waals surface area contributed by atoms with E-state index in [2.05, 4.69) is 25.3 Å². The molecule has 0 spiro atoms. The van der Waals surface area contributed by atoms with E-state index in [1.165, 1.54) is 0 Å². The Hall–Kier alpha value is -2.09. The van der Waals surface area contributed by atoms with E-state index >= 15 is 0 Å².